The molecular formula is C21H21Cl2NO3S. The minimum absolute atomic E-state index is 0.355. The topological polar surface area (TPSA) is 55.4 Å². The number of fused-ring (bicyclic) bond motifs is 1. The van der Waals surface area contributed by atoms with E-state index in [0.29, 0.717) is 32.1 Å². The molecule has 0 spiro atoms. The Kier molecular flexibility index (Phi) is 6.81. The standard InChI is InChI=1S/C21H21Cl2NO3S/c1-3-12-7-8-14-17(11-12)28-20(19(14)21(26)27-2)24-18(25)10-9-13-15(22)5-4-6-16(13)23/h4-6,9-10,12H,3,7-8,11H2,1-2H3,(H,24,25)/b10-9+. The number of rotatable bonds is 5. The molecule has 1 atom stereocenters. The van der Waals surface area contributed by atoms with Gasteiger partial charge in [0.2, 0.25) is 5.91 Å². The number of thiophene rings is 1. The van der Waals surface area contributed by atoms with Crippen molar-refractivity contribution in [2.75, 3.05) is 12.4 Å². The van der Waals surface area contributed by atoms with Gasteiger partial charge in [-0.15, -0.1) is 11.3 Å². The number of esters is 1. The molecule has 3 rings (SSSR count). The third-order valence-electron chi connectivity index (χ3n) is 4.97. The molecule has 1 aliphatic rings. The van der Waals surface area contributed by atoms with Crippen molar-refractivity contribution in [3.8, 4) is 0 Å². The van der Waals surface area contributed by atoms with Crippen LogP contribution >= 0.6 is 34.5 Å². The molecule has 0 aliphatic heterocycles. The minimum Gasteiger partial charge on any atom is -0.465 e. The van der Waals surface area contributed by atoms with E-state index in [9.17, 15) is 9.59 Å². The van der Waals surface area contributed by atoms with Gasteiger partial charge >= 0.3 is 5.97 Å². The number of nitrogens with one attached hydrogen (secondary N) is 1. The average Bonchev–Trinajstić information content (AvgIpc) is 3.03. The molecule has 28 heavy (non-hydrogen) atoms. The van der Waals surface area contributed by atoms with Crippen LogP contribution in [-0.4, -0.2) is 19.0 Å². The van der Waals surface area contributed by atoms with Crippen LogP contribution in [0.2, 0.25) is 10.0 Å². The summed E-state index contributed by atoms with van der Waals surface area (Å²) in [4.78, 5) is 26.0. The lowest BCUT2D eigenvalue weighted by atomic mass is 9.86. The van der Waals surface area contributed by atoms with Gasteiger partial charge < -0.3 is 10.1 Å². The summed E-state index contributed by atoms with van der Waals surface area (Å²) < 4.78 is 4.96. The predicted molar refractivity (Wildman–Crippen MR) is 116 cm³/mol. The average molecular weight is 438 g/mol. The number of carbonyl (C=O) groups excluding carboxylic acids is 2. The van der Waals surface area contributed by atoms with Crippen molar-refractivity contribution in [3.05, 3.63) is 55.9 Å². The Morgan fingerprint density at radius 3 is 2.68 bits per heavy atom. The molecule has 1 amide bonds. The fourth-order valence-corrected chi connectivity index (χ4v) is 5.27. The molecule has 148 valence electrons. The minimum atomic E-state index is -0.416. The van der Waals surface area contributed by atoms with Crippen molar-refractivity contribution in [3.63, 3.8) is 0 Å². The first-order valence-corrected chi connectivity index (χ1v) is 10.7. The van der Waals surface area contributed by atoms with E-state index < -0.39 is 5.97 Å². The highest BCUT2D eigenvalue weighted by Crippen LogP contribution is 2.40. The first-order valence-electron chi connectivity index (χ1n) is 9.10. The van der Waals surface area contributed by atoms with Crippen LogP contribution in [0.1, 0.15) is 46.1 Å². The summed E-state index contributed by atoms with van der Waals surface area (Å²) in [6, 6.07) is 5.15. The Balaban J connectivity index is 1.85. The Hall–Kier alpha value is -1.82. The number of halogens is 2. The van der Waals surface area contributed by atoms with Gasteiger partial charge in [0, 0.05) is 26.6 Å². The van der Waals surface area contributed by atoms with Crippen molar-refractivity contribution in [1.82, 2.24) is 0 Å². The lowest BCUT2D eigenvalue weighted by molar-refractivity contribution is -0.111. The van der Waals surface area contributed by atoms with Crippen molar-refractivity contribution >= 4 is 57.5 Å². The van der Waals surface area contributed by atoms with Gasteiger partial charge in [-0.2, -0.15) is 0 Å². The van der Waals surface area contributed by atoms with Crippen molar-refractivity contribution < 1.29 is 14.3 Å². The first kappa shape index (κ1) is 20.9. The Morgan fingerprint density at radius 2 is 2.04 bits per heavy atom. The molecule has 1 unspecified atom stereocenters. The van der Waals surface area contributed by atoms with E-state index in [1.54, 1.807) is 24.3 Å². The summed E-state index contributed by atoms with van der Waals surface area (Å²) in [5, 5.41) is 4.29. The number of benzene rings is 1. The van der Waals surface area contributed by atoms with Crippen LogP contribution in [0, 0.1) is 5.92 Å². The largest absolute Gasteiger partial charge is 0.465 e. The second-order valence-electron chi connectivity index (χ2n) is 6.67. The van der Waals surface area contributed by atoms with E-state index in [4.69, 9.17) is 27.9 Å². The second-order valence-corrected chi connectivity index (χ2v) is 8.59. The molecular weight excluding hydrogens is 417 g/mol. The molecule has 0 bridgehead atoms. The van der Waals surface area contributed by atoms with E-state index >= 15 is 0 Å². The highest BCUT2D eigenvalue weighted by Gasteiger charge is 2.29. The lowest BCUT2D eigenvalue weighted by Gasteiger charge is -2.20. The number of methoxy groups -OCH3 is 1. The third-order valence-corrected chi connectivity index (χ3v) is 6.80. The molecule has 1 N–H and O–H groups in total. The van der Waals surface area contributed by atoms with Crippen LogP contribution in [0.15, 0.2) is 24.3 Å². The number of amides is 1. The molecule has 4 nitrogen and oxygen atoms in total. The summed E-state index contributed by atoms with van der Waals surface area (Å²) in [7, 11) is 1.36. The number of carbonyl (C=O) groups is 2. The maximum absolute atomic E-state index is 12.5. The SMILES string of the molecule is CCC1CCc2c(sc(NC(=O)/C=C/c3c(Cl)cccc3Cl)c2C(=O)OC)C1. The second kappa shape index (κ2) is 9.12. The molecule has 2 aromatic rings. The lowest BCUT2D eigenvalue weighted by Crippen LogP contribution is -2.15. The van der Waals surface area contributed by atoms with Crippen molar-refractivity contribution in [2.45, 2.75) is 32.6 Å². The fourth-order valence-electron chi connectivity index (χ4n) is 3.39. The van der Waals surface area contributed by atoms with Crippen LogP contribution in [-0.2, 0) is 22.4 Å². The van der Waals surface area contributed by atoms with Gasteiger partial charge in [-0.25, -0.2) is 4.79 Å². The first-order chi connectivity index (χ1) is 13.4. The summed E-state index contributed by atoms with van der Waals surface area (Å²) in [6.45, 7) is 2.18. The normalized spacial score (nSPS) is 16.1. The van der Waals surface area contributed by atoms with E-state index in [2.05, 4.69) is 12.2 Å². The number of hydrogen-bond donors (Lipinski definition) is 1. The molecule has 0 radical (unpaired) electrons. The molecule has 7 heteroatoms. The highest BCUT2D eigenvalue weighted by atomic mass is 35.5. The van der Waals surface area contributed by atoms with Gasteiger partial charge in [0.25, 0.3) is 0 Å². The summed E-state index contributed by atoms with van der Waals surface area (Å²) >= 11 is 13.7. The van der Waals surface area contributed by atoms with Crippen LogP contribution < -0.4 is 5.32 Å². The van der Waals surface area contributed by atoms with Gasteiger partial charge in [0.15, 0.2) is 0 Å². The molecule has 1 aliphatic carbocycles. The van der Waals surface area contributed by atoms with Gasteiger partial charge in [0.05, 0.1) is 12.7 Å². The summed E-state index contributed by atoms with van der Waals surface area (Å²) in [5.74, 6) is -0.157. The van der Waals surface area contributed by atoms with Crippen LogP contribution in [0.5, 0.6) is 0 Å². The highest BCUT2D eigenvalue weighted by molar-refractivity contribution is 7.17. The predicted octanol–water partition coefficient (Wildman–Crippen LogP) is 6.01. The smallest absolute Gasteiger partial charge is 0.341 e. The third kappa shape index (κ3) is 4.43. The maximum atomic E-state index is 12.5. The van der Waals surface area contributed by atoms with Crippen molar-refractivity contribution in [2.24, 2.45) is 5.92 Å². The molecule has 0 saturated carbocycles. The molecule has 1 aromatic heterocycles. The number of ether oxygens (including phenoxy) is 1. The zero-order chi connectivity index (χ0) is 20.3. The van der Waals surface area contributed by atoms with E-state index in [1.165, 1.54) is 24.5 Å². The monoisotopic (exact) mass is 437 g/mol. The quantitative estimate of drug-likeness (QED) is 0.460. The van der Waals surface area contributed by atoms with Crippen LogP contribution in [0.4, 0.5) is 5.00 Å². The Labute approximate surface area is 178 Å². The number of anilines is 1. The van der Waals surface area contributed by atoms with Gasteiger partial charge in [0.1, 0.15) is 5.00 Å². The van der Waals surface area contributed by atoms with Gasteiger partial charge in [-0.3, -0.25) is 4.79 Å². The zero-order valence-corrected chi connectivity index (χ0v) is 18.0. The van der Waals surface area contributed by atoms with Crippen molar-refractivity contribution in [1.29, 1.82) is 0 Å². The maximum Gasteiger partial charge on any atom is 0.341 e. The Morgan fingerprint density at radius 1 is 1.32 bits per heavy atom. The van der Waals surface area contributed by atoms with Gasteiger partial charge in [-0.1, -0.05) is 42.6 Å². The molecule has 0 saturated heterocycles. The fraction of sp³-hybridized carbons (Fsp3) is 0.333. The van der Waals surface area contributed by atoms with Crippen LogP contribution in [0.3, 0.4) is 0 Å². The molecule has 0 fully saturated rings. The Bertz CT molecular complexity index is 916. The zero-order valence-electron chi connectivity index (χ0n) is 15.7. The van der Waals surface area contributed by atoms with E-state index in [1.807, 2.05) is 0 Å². The summed E-state index contributed by atoms with van der Waals surface area (Å²) in [5.41, 5.74) is 2.06. The number of hydrogen-bond acceptors (Lipinski definition) is 4. The molecule has 1 aromatic carbocycles. The van der Waals surface area contributed by atoms with E-state index in [-0.39, 0.29) is 5.91 Å². The molecule has 1 heterocycles. The summed E-state index contributed by atoms with van der Waals surface area (Å²) in [6.07, 6.45) is 6.84. The van der Waals surface area contributed by atoms with Gasteiger partial charge in [-0.05, 0) is 49.0 Å². The van der Waals surface area contributed by atoms with Crippen LogP contribution in [0.25, 0.3) is 6.08 Å². The van der Waals surface area contributed by atoms with E-state index in [0.717, 1.165) is 36.1 Å².